The van der Waals surface area contributed by atoms with Crippen LogP contribution >= 0.6 is 11.8 Å². The average molecular weight is 786 g/mol. The molecule has 0 spiro atoms. The highest BCUT2D eigenvalue weighted by Crippen LogP contribution is 2.46. The van der Waals surface area contributed by atoms with Crippen LogP contribution in [-0.4, -0.2) is 44.4 Å². The molecule has 0 bridgehead atoms. The molecule has 0 aliphatic carbocycles. The standard InChI is InChI=1S/C35H30F7N3O6S2/c1-5-6-22-15-27(45(17-20-7-11-23(48-2)12-8-20)18-21-9-13-24(49-3)14-10-21)31(36)29(30(22)34(37,38)39)28-16-26-25(19-50-28)32(44-33(43-26)52-4)51-53(46,47)35(40,41)42/h7-15,28H,16-19H2,1-4H3. The third kappa shape index (κ3) is 8.74. The van der Waals surface area contributed by atoms with Gasteiger partial charge in [-0.2, -0.15) is 39.7 Å². The Balaban J connectivity index is 1.68. The summed E-state index contributed by atoms with van der Waals surface area (Å²) in [6, 6.07) is 14.6. The van der Waals surface area contributed by atoms with Crippen LogP contribution in [0.1, 0.15) is 52.1 Å². The zero-order chi connectivity index (χ0) is 38.7. The van der Waals surface area contributed by atoms with Crippen molar-refractivity contribution >= 4 is 27.6 Å². The predicted octanol–water partition coefficient (Wildman–Crippen LogP) is 7.99. The van der Waals surface area contributed by atoms with Crippen LogP contribution in [0.3, 0.4) is 0 Å². The van der Waals surface area contributed by atoms with Crippen molar-refractivity contribution < 1.29 is 57.5 Å². The van der Waals surface area contributed by atoms with Gasteiger partial charge in [-0.1, -0.05) is 41.9 Å². The van der Waals surface area contributed by atoms with Crippen molar-refractivity contribution in [1.82, 2.24) is 9.97 Å². The Labute approximate surface area is 304 Å². The van der Waals surface area contributed by atoms with E-state index in [1.807, 2.05) is 0 Å². The van der Waals surface area contributed by atoms with E-state index in [0.29, 0.717) is 22.6 Å². The van der Waals surface area contributed by atoms with Crippen LogP contribution in [0.2, 0.25) is 0 Å². The van der Waals surface area contributed by atoms with Crippen LogP contribution < -0.4 is 18.6 Å². The van der Waals surface area contributed by atoms with E-state index in [0.717, 1.165) is 17.8 Å². The number of thioether (sulfide) groups is 1. The Morgan fingerprint density at radius 2 is 1.51 bits per heavy atom. The Morgan fingerprint density at radius 1 is 0.943 bits per heavy atom. The first-order chi connectivity index (χ1) is 25.0. The van der Waals surface area contributed by atoms with Crippen molar-refractivity contribution in [2.45, 2.75) is 56.0 Å². The molecule has 5 rings (SSSR count). The van der Waals surface area contributed by atoms with E-state index in [1.165, 1.54) is 32.3 Å². The van der Waals surface area contributed by atoms with Gasteiger partial charge in [0, 0.05) is 30.6 Å². The number of ether oxygens (including phenoxy) is 3. The quantitative estimate of drug-likeness (QED) is 0.0372. The van der Waals surface area contributed by atoms with Gasteiger partial charge in [0.25, 0.3) is 0 Å². The van der Waals surface area contributed by atoms with E-state index in [2.05, 4.69) is 26.0 Å². The first-order valence-electron chi connectivity index (χ1n) is 15.4. The maximum Gasteiger partial charge on any atom is 0.534 e. The van der Waals surface area contributed by atoms with Crippen LogP contribution in [0.15, 0.2) is 59.8 Å². The molecule has 0 N–H and O–H groups in total. The van der Waals surface area contributed by atoms with E-state index in [9.17, 15) is 34.8 Å². The minimum Gasteiger partial charge on any atom is -0.497 e. The topological polar surface area (TPSA) is 100 Å². The molecule has 0 saturated heterocycles. The van der Waals surface area contributed by atoms with E-state index >= 15 is 4.39 Å². The monoisotopic (exact) mass is 785 g/mol. The Kier molecular flexibility index (Phi) is 11.7. The number of halogens is 7. The largest absolute Gasteiger partial charge is 0.534 e. The molecule has 0 radical (unpaired) electrons. The van der Waals surface area contributed by atoms with Gasteiger partial charge in [-0.25, -0.2) is 9.37 Å². The molecule has 0 saturated carbocycles. The number of hydrogen-bond acceptors (Lipinski definition) is 10. The van der Waals surface area contributed by atoms with Crippen LogP contribution in [0.5, 0.6) is 17.4 Å². The number of hydrogen-bond donors (Lipinski definition) is 0. The second-order valence-corrected chi connectivity index (χ2v) is 13.7. The van der Waals surface area contributed by atoms with Gasteiger partial charge in [-0.15, -0.1) is 5.92 Å². The number of fused-ring (bicyclic) bond motifs is 1. The summed E-state index contributed by atoms with van der Waals surface area (Å²) in [6.45, 7) is 0.544. The number of methoxy groups -OCH3 is 2. The first kappa shape index (κ1) is 39.5. The smallest absolute Gasteiger partial charge is 0.497 e. The summed E-state index contributed by atoms with van der Waals surface area (Å²) < 4.78 is 146. The predicted molar refractivity (Wildman–Crippen MR) is 180 cm³/mol. The number of anilines is 1. The normalized spacial score (nSPS) is 14.5. The first-order valence-corrected chi connectivity index (χ1v) is 18.1. The van der Waals surface area contributed by atoms with Crippen LogP contribution in [-0.2, 0) is 47.1 Å². The molecule has 1 atom stereocenters. The molecule has 1 aromatic heterocycles. The van der Waals surface area contributed by atoms with Crippen LogP contribution in [0.4, 0.5) is 36.4 Å². The number of alkyl halides is 6. The van der Waals surface area contributed by atoms with Crippen molar-refractivity contribution in [3.05, 3.63) is 99.5 Å². The highest BCUT2D eigenvalue weighted by Gasteiger charge is 2.50. The molecule has 282 valence electrons. The molecule has 53 heavy (non-hydrogen) atoms. The maximum atomic E-state index is 17.1. The fourth-order valence-electron chi connectivity index (χ4n) is 5.58. The van der Waals surface area contributed by atoms with Gasteiger partial charge in [-0.05, 0) is 54.6 Å². The number of aromatic nitrogens is 2. The van der Waals surface area contributed by atoms with Crippen LogP contribution in [0.25, 0.3) is 0 Å². The van der Waals surface area contributed by atoms with E-state index in [-0.39, 0.29) is 35.2 Å². The highest BCUT2D eigenvalue weighted by molar-refractivity contribution is 7.98. The van der Waals surface area contributed by atoms with Gasteiger partial charge in [0.15, 0.2) is 11.0 Å². The highest BCUT2D eigenvalue weighted by atomic mass is 32.2. The van der Waals surface area contributed by atoms with Crippen molar-refractivity contribution in [3.63, 3.8) is 0 Å². The molecule has 2 heterocycles. The molecule has 4 aromatic rings. The van der Waals surface area contributed by atoms with Crippen LogP contribution in [0, 0.1) is 17.7 Å². The van der Waals surface area contributed by atoms with Gasteiger partial charge in [0.05, 0.1) is 49.4 Å². The summed E-state index contributed by atoms with van der Waals surface area (Å²) in [5.41, 5.74) is -8.17. The lowest BCUT2D eigenvalue weighted by Gasteiger charge is -2.32. The Bertz CT molecular complexity index is 2090. The summed E-state index contributed by atoms with van der Waals surface area (Å²) >= 11 is 0.805. The van der Waals surface area contributed by atoms with Gasteiger partial charge in [0.1, 0.15) is 11.5 Å². The zero-order valence-corrected chi connectivity index (χ0v) is 30.0. The van der Waals surface area contributed by atoms with Crippen molar-refractivity contribution in [2.75, 3.05) is 25.4 Å². The number of rotatable bonds is 11. The molecular weight excluding hydrogens is 756 g/mol. The molecular formula is C35H30F7N3O6S2. The van der Waals surface area contributed by atoms with Gasteiger partial charge in [-0.3, -0.25) is 0 Å². The lowest BCUT2D eigenvalue weighted by Crippen LogP contribution is -2.30. The maximum absolute atomic E-state index is 17.1. The Hall–Kier alpha value is -4.73. The Morgan fingerprint density at radius 3 is 1.98 bits per heavy atom. The minimum atomic E-state index is -6.19. The summed E-state index contributed by atoms with van der Waals surface area (Å²) in [4.78, 5) is 9.45. The van der Waals surface area contributed by atoms with E-state index in [4.69, 9.17) is 14.2 Å². The second-order valence-electron chi connectivity index (χ2n) is 11.4. The van der Waals surface area contributed by atoms with E-state index < -0.39 is 69.3 Å². The molecule has 18 heteroatoms. The summed E-state index contributed by atoms with van der Waals surface area (Å²) in [7, 11) is -3.22. The number of benzene rings is 3. The SMILES string of the molecule is CC#Cc1cc(N(Cc2ccc(OC)cc2)Cc2ccc(OC)cc2)c(F)c(C2Cc3nc(SC)nc(OS(=O)(=O)C(F)(F)F)c3CO2)c1C(F)(F)F. The average Bonchev–Trinajstić information content (AvgIpc) is 3.11. The lowest BCUT2D eigenvalue weighted by atomic mass is 9.90. The van der Waals surface area contributed by atoms with Gasteiger partial charge >= 0.3 is 21.8 Å². The molecule has 1 aliphatic heterocycles. The fourth-order valence-corrected chi connectivity index (χ4v) is 6.40. The van der Waals surface area contributed by atoms with Crippen molar-refractivity contribution in [1.29, 1.82) is 0 Å². The summed E-state index contributed by atoms with van der Waals surface area (Å²) in [5, 5.41) is -0.246. The summed E-state index contributed by atoms with van der Waals surface area (Å²) in [5.74, 6) is 3.71. The zero-order valence-electron chi connectivity index (χ0n) is 28.4. The molecule has 1 unspecified atom stereocenters. The fraction of sp³-hybridized carbons (Fsp3) is 0.314. The molecule has 0 amide bonds. The summed E-state index contributed by atoms with van der Waals surface area (Å²) in [6.07, 6.45) is -6.05. The number of nitrogens with zero attached hydrogens (tertiary/aromatic N) is 3. The molecule has 1 aliphatic rings. The van der Waals surface area contributed by atoms with Crippen molar-refractivity contribution in [3.8, 4) is 29.2 Å². The van der Waals surface area contributed by atoms with Gasteiger partial charge < -0.3 is 23.3 Å². The van der Waals surface area contributed by atoms with Gasteiger partial charge in [0.2, 0.25) is 5.88 Å². The molecule has 0 fully saturated rings. The second kappa shape index (κ2) is 15.7. The van der Waals surface area contributed by atoms with E-state index in [1.54, 1.807) is 48.5 Å². The third-order valence-corrected chi connectivity index (χ3v) is 9.54. The van der Waals surface area contributed by atoms with Crippen molar-refractivity contribution in [2.24, 2.45) is 0 Å². The molecule has 3 aromatic carbocycles. The lowest BCUT2D eigenvalue weighted by molar-refractivity contribution is -0.140. The minimum absolute atomic E-state index is 0.0176. The molecule has 9 nitrogen and oxygen atoms in total. The third-order valence-electron chi connectivity index (χ3n) is 8.05.